The van der Waals surface area contributed by atoms with Gasteiger partial charge in [-0.05, 0) is 86.8 Å². The Bertz CT molecular complexity index is 1200. The minimum absolute atomic E-state index is 0.403. The van der Waals surface area contributed by atoms with Gasteiger partial charge in [-0.2, -0.15) is 0 Å². The van der Waals surface area contributed by atoms with Crippen molar-refractivity contribution < 1.29 is 18.8 Å². The van der Waals surface area contributed by atoms with E-state index in [1.165, 1.54) is 32.3 Å². The van der Waals surface area contributed by atoms with Crippen LogP contribution in [0.4, 0.5) is 0 Å². The van der Waals surface area contributed by atoms with Crippen LogP contribution in [0.5, 0.6) is 5.75 Å². The van der Waals surface area contributed by atoms with Gasteiger partial charge in [0.1, 0.15) is 10.9 Å². The lowest BCUT2D eigenvalue weighted by atomic mass is 9.98. The Morgan fingerprint density at radius 3 is 2.54 bits per heavy atom. The number of nitrogens with two attached hydrogens (primary N) is 1. The van der Waals surface area contributed by atoms with Gasteiger partial charge in [-0.25, -0.2) is 0 Å². The summed E-state index contributed by atoms with van der Waals surface area (Å²) in [6, 6.07) is 20.6. The molecule has 186 valence electrons. The van der Waals surface area contributed by atoms with Crippen LogP contribution in [-0.2, 0) is 20.5 Å². The molecule has 1 aromatic heterocycles. The number of rotatable bonds is 10. The smallest absolute Gasteiger partial charge is 0.232 e. The molecule has 8 heteroatoms. The van der Waals surface area contributed by atoms with Gasteiger partial charge in [0.25, 0.3) is 0 Å². The third kappa shape index (κ3) is 6.21. The van der Waals surface area contributed by atoms with E-state index in [0.29, 0.717) is 32.7 Å². The van der Waals surface area contributed by atoms with Crippen molar-refractivity contribution in [2.24, 2.45) is 5.73 Å². The summed E-state index contributed by atoms with van der Waals surface area (Å²) in [5, 5.41) is -1.01. The molecule has 0 radical (unpaired) electrons. The molecule has 1 amide bonds. The van der Waals surface area contributed by atoms with Gasteiger partial charge in [0.05, 0.1) is 6.61 Å². The molecule has 1 aliphatic heterocycles. The Balaban J connectivity index is 1.29. The fourth-order valence-electron chi connectivity index (χ4n) is 4.38. The topological polar surface area (TPSA) is 78.6 Å². The van der Waals surface area contributed by atoms with Crippen molar-refractivity contribution in [2.45, 2.75) is 42.7 Å². The Morgan fingerprint density at radius 1 is 1.14 bits per heavy atom. The average Bonchev–Trinajstić information content (AvgIpc) is 3.29. The van der Waals surface area contributed by atoms with E-state index in [-0.39, 0.29) is 0 Å². The Hall–Kier alpha value is -2.05. The van der Waals surface area contributed by atoms with Gasteiger partial charge in [-0.15, -0.1) is 11.3 Å². The summed E-state index contributed by atoms with van der Waals surface area (Å²) in [6.45, 7) is 5.24. The molecule has 5 nitrogen and oxygen atoms in total. The second kappa shape index (κ2) is 11.3. The quantitative estimate of drug-likeness (QED) is 0.232. The van der Waals surface area contributed by atoms with Gasteiger partial charge in [0.15, 0.2) is 6.34 Å². The maximum absolute atomic E-state index is 13.6. The molecule has 0 spiro atoms. The Morgan fingerprint density at radius 2 is 1.89 bits per heavy atom. The third-order valence-corrected chi connectivity index (χ3v) is 13.3. The predicted molar refractivity (Wildman–Crippen MR) is 146 cm³/mol. The highest BCUT2D eigenvalue weighted by molar-refractivity contribution is 8.58. The number of carbonyl (C=O) groups excluding carboxylic acids is 1. The standard InChI is InChI=1S/C27H32NO4PS2/c1-20-8-13-25(34-20)22-7-3-5-21(19-22)6-4-16-32-23-9-11-24(12-10-23)35-33(2,30)27(26(28)29)14-17-31-18-15-27/h3,5,7-13,19H,4,6,14-18H2,1-2H3,(H2,28,29). The van der Waals surface area contributed by atoms with Crippen molar-refractivity contribution in [3.05, 3.63) is 71.1 Å². The maximum Gasteiger partial charge on any atom is 0.232 e. The zero-order valence-corrected chi connectivity index (χ0v) is 22.7. The second-order valence-corrected chi connectivity index (χ2v) is 16.1. The first-order chi connectivity index (χ1) is 16.8. The minimum atomic E-state index is -2.96. The largest absolute Gasteiger partial charge is 0.494 e. The number of hydrogen-bond acceptors (Lipinski definition) is 6. The summed E-state index contributed by atoms with van der Waals surface area (Å²) < 4.78 is 24.9. The summed E-state index contributed by atoms with van der Waals surface area (Å²) >= 11 is 3.08. The Kier molecular flexibility index (Phi) is 8.43. The molecule has 0 saturated carbocycles. The summed E-state index contributed by atoms with van der Waals surface area (Å²) in [7, 11) is 0. The van der Waals surface area contributed by atoms with Crippen LogP contribution in [0.2, 0.25) is 0 Å². The molecule has 1 atom stereocenters. The van der Waals surface area contributed by atoms with Crippen LogP contribution in [0.25, 0.3) is 10.4 Å². The molecular formula is C27H32NO4PS2. The molecule has 1 saturated heterocycles. The van der Waals surface area contributed by atoms with E-state index in [0.717, 1.165) is 23.5 Å². The lowest BCUT2D eigenvalue weighted by molar-refractivity contribution is -0.122. The average molecular weight is 530 g/mol. The van der Waals surface area contributed by atoms with Crippen LogP contribution < -0.4 is 10.5 Å². The Labute approximate surface area is 215 Å². The van der Waals surface area contributed by atoms with Crippen LogP contribution in [0, 0.1) is 6.92 Å². The molecule has 0 aliphatic carbocycles. The van der Waals surface area contributed by atoms with Gasteiger partial charge in [-0.3, -0.25) is 4.79 Å². The number of hydrogen-bond donors (Lipinski definition) is 1. The molecule has 2 N–H and O–H groups in total. The molecule has 1 fully saturated rings. The zero-order chi connectivity index (χ0) is 24.9. The normalized spacial score (nSPS) is 17.0. The molecule has 2 aromatic carbocycles. The maximum atomic E-state index is 13.6. The van der Waals surface area contributed by atoms with E-state index in [1.807, 2.05) is 35.6 Å². The fourth-order valence-corrected chi connectivity index (χ4v) is 10.4. The zero-order valence-electron chi connectivity index (χ0n) is 20.2. The van der Waals surface area contributed by atoms with E-state index < -0.39 is 17.4 Å². The lowest BCUT2D eigenvalue weighted by Gasteiger charge is -2.38. The summed E-state index contributed by atoms with van der Waals surface area (Å²) in [6.07, 6.45) is -0.287. The number of aryl methyl sites for hydroxylation is 2. The second-order valence-electron chi connectivity index (χ2n) is 8.98. The van der Waals surface area contributed by atoms with Gasteiger partial charge in [0.2, 0.25) is 5.91 Å². The summed E-state index contributed by atoms with van der Waals surface area (Å²) in [4.78, 5) is 15.7. The number of thiophene rings is 1. The first-order valence-electron chi connectivity index (χ1n) is 11.8. The highest BCUT2D eigenvalue weighted by Gasteiger charge is 2.51. The SMILES string of the molecule is Cc1ccc(-c2cccc(CCCOc3ccc(SP(C)(=O)C4(C(N)=O)CCOCC4)cc3)c2)s1. The molecule has 4 rings (SSSR count). The third-order valence-electron chi connectivity index (χ3n) is 6.49. The predicted octanol–water partition coefficient (Wildman–Crippen LogP) is 6.77. The van der Waals surface area contributed by atoms with Crippen LogP contribution in [-0.4, -0.2) is 37.5 Å². The van der Waals surface area contributed by atoms with Gasteiger partial charge in [0, 0.05) is 27.9 Å². The van der Waals surface area contributed by atoms with E-state index in [1.54, 1.807) is 6.66 Å². The van der Waals surface area contributed by atoms with Gasteiger partial charge in [-0.1, -0.05) is 35.6 Å². The summed E-state index contributed by atoms with van der Waals surface area (Å²) in [5.74, 6) is 0.286. The number of carbonyl (C=O) groups is 1. The fraction of sp³-hybridized carbons (Fsp3) is 0.370. The van der Waals surface area contributed by atoms with E-state index in [9.17, 15) is 9.36 Å². The van der Waals surface area contributed by atoms with Crippen molar-refractivity contribution >= 4 is 35.0 Å². The number of amides is 1. The van der Waals surface area contributed by atoms with Crippen LogP contribution in [0.1, 0.15) is 29.7 Å². The first kappa shape index (κ1) is 26.0. The highest BCUT2D eigenvalue weighted by Crippen LogP contribution is 2.70. The van der Waals surface area contributed by atoms with Crippen LogP contribution >= 0.6 is 29.1 Å². The molecular weight excluding hydrogens is 497 g/mol. The number of benzene rings is 2. The summed E-state index contributed by atoms with van der Waals surface area (Å²) in [5.41, 5.74) is 8.29. The molecule has 2 heterocycles. The first-order valence-corrected chi connectivity index (χ1v) is 16.2. The molecule has 1 unspecified atom stereocenters. The molecule has 35 heavy (non-hydrogen) atoms. The van der Waals surface area contributed by atoms with Crippen LogP contribution in [0.15, 0.2) is 65.6 Å². The van der Waals surface area contributed by atoms with Gasteiger partial charge < -0.3 is 19.8 Å². The van der Waals surface area contributed by atoms with E-state index in [2.05, 4.69) is 43.3 Å². The van der Waals surface area contributed by atoms with Gasteiger partial charge >= 0.3 is 0 Å². The molecule has 3 aromatic rings. The highest BCUT2D eigenvalue weighted by atomic mass is 32.7. The van der Waals surface area contributed by atoms with Crippen molar-refractivity contribution in [3.63, 3.8) is 0 Å². The lowest BCUT2D eigenvalue weighted by Crippen LogP contribution is -2.47. The molecule has 1 aliphatic rings. The number of primary amides is 1. The van der Waals surface area contributed by atoms with Crippen molar-refractivity contribution in [2.75, 3.05) is 26.5 Å². The van der Waals surface area contributed by atoms with Crippen LogP contribution in [0.3, 0.4) is 0 Å². The number of ether oxygens (including phenoxy) is 2. The van der Waals surface area contributed by atoms with Crippen molar-refractivity contribution in [1.82, 2.24) is 0 Å². The monoisotopic (exact) mass is 529 g/mol. The van der Waals surface area contributed by atoms with Crippen molar-refractivity contribution in [1.29, 1.82) is 0 Å². The minimum Gasteiger partial charge on any atom is -0.494 e. The van der Waals surface area contributed by atoms with E-state index >= 15 is 0 Å². The van der Waals surface area contributed by atoms with Crippen molar-refractivity contribution in [3.8, 4) is 16.2 Å². The molecule has 0 bridgehead atoms. The van der Waals surface area contributed by atoms with E-state index in [4.69, 9.17) is 15.2 Å².